The fourth-order valence-corrected chi connectivity index (χ4v) is 3.66. The molecule has 160 valence electrons. The van der Waals surface area contributed by atoms with E-state index in [0.717, 1.165) is 19.5 Å². The van der Waals surface area contributed by atoms with Crippen LogP contribution in [0.15, 0.2) is 59.6 Å². The first kappa shape index (κ1) is 22.0. The molecule has 0 aliphatic carbocycles. The molecular formula is C23H29ClN4O2. The molecule has 7 heteroatoms. The summed E-state index contributed by atoms with van der Waals surface area (Å²) in [5, 5.41) is 7.14. The monoisotopic (exact) mass is 428 g/mol. The molecule has 0 aromatic heterocycles. The van der Waals surface area contributed by atoms with Gasteiger partial charge in [-0.05, 0) is 24.1 Å². The van der Waals surface area contributed by atoms with Crippen molar-refractivity contribution in [2.45, 2.75) is 12.8 Å². The summed E-state index contributed by atoms with van der Waals surface area (Å²) in [5.41, 5.74) is 1.26. The zero-order valence-electron chi connectivity index (χ0n) is 17.3. The molecule has 1 saturated heterocycles. The number of nitrogens with zero attached hydrogens (tertiary/aromatic N) is 2. The first-order valence-corrected chi connectivity index (χ1v) is 10.7. The van der Waals surface area contributed by atoms with E-state index in [4.69, 9.17) is 16.3 Å². The van der Waals surface area contributed by atoms with Gasteiger partial charge in [-0.3, -0.25) is 9.79 Å². The Morgan fingerprint density at radius 3 is 2.70 bits per heavy atom. The Kier molecular flexibility index (Phi) is 8.39. The lowest BCUT2D eigenvalue weighted by molar-refractivity contribution is -0.127. The molecular weight excluding hydrogens is 400 g/mol. The van der Waals surface area contributed by atoms with Crippen molar-refractivity contribution >= 4 is 23.5 Å². The number of halogens is 1. The van der Waals surface area contributed by atoms with Crippen LogP contribution in [0.5, 0.6) is 5.75 Å². The predicted molar refractivity (Wildman–Crippen MR) is 121 cm³/mol. The number of carbonyl (C=O) groups is 1. The second kappa shape index (κ2) is 11.5. The summed E-state index contributed by atoms with van der Waals surface area (Å²) in [7, 11) is 1.73. The van der Waals surface area contributed by atoms with Crippen LogP contribution >= 0.6 is 11.6 Å². The molecule has 0 saturated carbocycles. The molecule has 3 rings (SSSR count). The number of aliphatic imine (C=N–C) groups is 1. The smallest absolute Gasteiger partial charge is 0.223 e. The van der Waals surface area contributed by atoms with Crippen LogP contribution in [0.1, 0.15) is 12.0 Å². The maximum Gasteiger partial charge on any atom is 0.223 e. The molecule has 2 aromatic rings. The van der Waals surface area contributed by atoms with E-state index < -0.39 is 0 Å². The molecule has 0 bridgehead atoms. The second-order valence-electron chi connectivity index (χ2n) is 7.30. The third-order valence-corrected chi connectivity index (χ3v) is 5.39. The summed E-state index contributed by atoms with van der Waals surface area (Å²) in [6, 6.07) is 17.7. The number of rotatable bonds is 9. The van der Waals surface area contributed by atoms with Gasteiger partial charge in [0.1, 0.15) is 12.4 Å². The first-order chi connectivity index (χ1) is 14.7. The van der Waals surface area contributed by atoms with Crippen LogP contribution < -0.4 is 15.4 Å². The summed E-state index contributed by atoms with van der Waals surface area (Å²) in [6.45, 7) is 3.33. The minimum absolute atomic E-state index is 0.230. The predicted octanol–water partition coefficient (Wildman–Crippen LogP) is 2.98. The van der Waals surface area contributed by atoms with E-state index in [-0.39, 0.29) is 11.8 Å². The number of amides is 1. The maximum absolute atomic E-state index is 12.3. The molecule has 1 fully saturated rings. The van der Waals surface area contributed by atoms with Crippen LogP contribution in [0.3, 0.4) is 0 Å². The number of hydrogen-bond donors (Lipinski definition) is 2. The minimum atomic E-state index is 0.230. The molecule has 1 aliphatic heterocycles. The van der Waals surface area contributed by atoms with E-state index in [0.29, 0.717) is 42.8 Å². The fourth-order valence-electron chi connectivity index (χ4n) is 3.47. The molecule has 2 aromatic carbocycles. The largest absolute Gasteiger partial charge is 0.490 e. The van der Waals surface area contributed by atoms with Crippen molar-refractivity contribution in [1.29, 1.82) is 0 Å². The molecule has 2 N–H and O–H groups in total. The summed E-state index contributed by atoms with van der Waals surface area (Å²) < 4.78 is 5.67. The Morgan fingerprint density at radius 2 is 1.93 bits per heavy atom. The van der Waals surface area contributed by atoms with Crippen molar-refractivity contribution in [2.75, 3.05) is 39.8 Å². The zero-order chi connectivity index (χ0) is 21.2. The quantitative estimate of drug-likeness (QED) is 0.366. The fraction of sp³-hybridized carbons (Fsp3) is 0.391. The highest BCUT2D eigenvalue weighted by molar-refractivity contribution is 6.32. The number of ether oxygens (including phenoxy) is 1. The molecule has 1 aliphatic rings. The SMILES string of the molecule is CN=C(NCCOc1ccccc1Cl)NCC1CC(=O)N(CCc2ccccc2)C1. The van der Waals surface area contributed by atoms with Crippen LogP contribution in [0.2, 0.25) is 5.02 Å². The Hall–Kier alpha value is -2.73. The summed E-state index contributed by atoms with van der Waals surface area (Å²) >= 11 is 6.08. The van der Waals surface area contributed by atoms with Gasteiger partial charge in [0.05, 0.1) is 11.6 Å². The van der Waals surface area contributed by atoms with Crippen LogP contribution in [-0.2, 0) is 11.2 Å². The van der Waals surface area contributed by atoms with Gasteiger partial charge in [0, 0.05) is 39.0 Å². The summed E-state index contributed by atoms with van der Waals surface area (Å²) in [4.78, 5) is 18.5. The average molecular weight is 429 g/mol. The molecule has 1 unspecified atom stereocenters. The number of likely N-dealkylation sites (tertiary alicyclic amines) is 1. The molecule has 6 nitrogen and oxygen atoms in total. The van der Waals surface area contributed by atoms with Gasteiger partial charge in [-0.25, -0.2) is 0 Å². The van der Waals surface area contributed by atoms with Gasteiger partial charge < -0.3 is 20.3 Å². The molecule has 1 heterocycles. The molecule has 1 amide bonds. The number of benzene rings is 2. The number of para-hydroxylation sites is 1. The van der Waals surface area contributed by atoms with Gasteiger partial charge in [0.15, 0.2) is 5.96 Å². The Morgan fingerprint density at radius 1 is 1.17 bits per heavy atom. The maximum atomic E-state index is 12.3. The van der Waals surface area contributed by atoms with Crippen LogP contribution in [0, 0.1) is 5.92 Å². The van der Waals surface area contributed by atoms with Crippen LogP contribution in [0.25, 0.3) is 0 Å². The summed E-state index contributed by atoms with van der Waals surface area (Å²) in [6.07, 6.45) is 1.47. The van der Waals surface area contributed by atoms with Gasteiger partial charge >= 0.3 is 0 Å². The lowest BCUT2D eigenvalue weighted by Gasteiger charge is -2.18. The van der Waals surface area contributed by atoms with Crippen molar-refractivity contribution in [3.63, 3.8) is 0 Å². The number of carbonyl (C=O) groups excluding carboxylic acids is 1. The average Bonchev–Trinajstić information content (AvgIpc) is 3.13. The minimum Gasteiger partial charge on any atom is -0.490 e. The summed E-state index contributed by atoms with van der Waals surface area (Å²) in [5.74, 6) is 1.89. The topological polar surface area (TPSA) is 66.0 Å². The molecule has 0 spiro atoms. The van der Waals surface area contributed by atoms with Gasteiger partial charge in [-0.15, -0.1) is 0 Å². The molecule has 1 atom stereocenters. The Bertz CT molecular complexity index is 844. The van der Waals surface area contributed by atoms with Crippen molar-refractivity contribution in [2.24, 2.45) is 10.9 Å². The molecule has 30 heavy (non-hydrogen) atoms. The van der Waals surface area contributed by atoms with Crippen molar-refractivity contribution in [3.05, 3.63) is 65.2 Å². The van der Waals surface area contributed by atoms with E-state index in [1.165, 1.54) is 5.56 Å². The van der Waals surface area contributed by atoms with E-state index in [1.807, 2.05) is 41.3 Å². The van der Waals surface area contributed by atoms with Gasteiger partial charge in [0.2, 0.25) is 5.91 Å². The molecule has 0 radical (unpaired) electrons. The normalized spacial score (nSPS) is 16.6. The Labute approximate surface area is 183 Å². The van der Waals surface area contributed by atoms with Gasteiger partial charge in [-0.2, -0.15) is 0 Å². The van der Waals surface area contributed by atoms with Gasteiger partial charge in [-0.1, -0.05) is 54.1 Å². The number of nitrogens with one attached hydrogen (secondary N) is 2. The van der Waals surface area contributed by atoms with E-state index in [2.05, 4.69) is 27.8 Å². The van der Waals surface area contributed by atoms with E-state index in [1.54, 1.807) is 13.1 Å². The lowest BCUT2D eigenvalue weighted by Crippen LogP contribution is -2.41. The highest BCUT2D eigenvalue weighted by Gasteiger charge is 2.29. The second-order valence-corrected chi connectivity index (χ2v) is 7.71. The third kappa shape index (κ3) is 6.66. The number of hydrogen-bond acceptors (Lipinski definition) is 3. The standard InChI is InChI=1S/C23H29ClN4O2/c1-25-23(26-12-14-30-21-10-6-5-9-20(21)24)27-16-19-15-22(29)28(17-19)13-11-18-7-3-2-4-8-18/h2-10,19H,11-17H2,1H3,(H2,25,26,27). The van der Waals surface area contributed by atoms with Crippen LogP contribution in [0.4, 0.5) is 0 Å². The number of guanidine groups is 1. The van der Waals surface area contributed by atoms with E-state index >= 15 is 0 Å². The van der Waals surface area contributed by atoms with Gasteiger partial charge in [0.25, 0.3) is 0 Å². The van der Waals surface area contributed by atoms with Crippen molar-refractivity contribution < 1.29 is 9.53 Å². The van der Waals surface area contributed by atoms with E-state index in [9.17, 15) is 4.79 Å². The highest BCUT2D eigenvalue weighted by Crippen LogP contribution is 2.22. The van der Waals surface area contributed by atoms with Crippen molar-refractivity contribution in [1.82, 2.24) is 15.5 Å². The zero-order valence-corrected chi connectivity index (χ0v) is 18.1. The third-order valence-electron chi connectivity index (χ3n) is 5.08. The highest BCUT2D eigenvalue weighted by atomic mass is 35.5. The van der Waals surface area contributed by atoms with Crippen molar-refractivity contribution in [3.8, 4) is 5.75 Å². The first-order valence-electron chi connectivity index (χ1n) is 10.3. The lowest BCUT2D eigenvalue weighted by atomic mass is 10.1. The Balaban J connectivity index is 1.34. The van der Waals surface area contributed by atoms with Crippen LogP contribution in [-0.4, -0.2) is 56.6 Å².